The minimum absolute atomic E-state index is 0.147. The van der Waals surface area contributed by atoms with Gasteiger partial charge < -0.3 is 64.2 Å². The van der Waals surface area contributed by atoms with Gasteiger partial charge in [-0.25, -0.2) is 0 Å². The van der Waals surface area contributed by atoms with E-state index in [1.807, 2.05) is 13.0 Å². The lowest BCUT2D eigenvalue weighted by atomic mass is 9.97. The first-order valence-corrected chi connectivity index (χ1v) is 21.4. The van der Waals surface area contributed by atoms with Gasteiger partial charge in [-0.05, 0) is 58.3 Å². The summed E-state index contributed by atoms with van der Waals surface area (Å²) in [6.45, 7) is 2.02. The van der Waals surface area contributed by atoms with Gasteiger partial charge in [-0.1, -0.05) is 89.0 Å². The number of allylic oxidation sites excluding steroid dienone is 4. The second kappa shape index (κ2) is 30.9. The lowest BCUT2D eigenvalue weighted by molar-refractivity contribution is -0.361. The number of carbonyl (C=O) groups is 2. The molecule has 15 nitrogen and oxygen atoms in total. The predicted molar refractivity (Wildman–Crippen MR) is 211 cm³/mol. The van der Waals surface area contributed by atoms with E-state index < -0.39 is 99.3 Å². The molecule has 11 atom stereocenters. The van der Waals surface area contributed by atoms with Crippen LogP contribution in [0.15, 0.2) is 24.3 Å². The number of aliphatic hydroxyl groups is 7. The summed E-state index contributed by atoms with van der Waals surface area (Å²) in [7, 11) is 0. The second-order valence-electron chi connectivity index (χ2n) is 15.1. The molecule has 2 aliphatic rings. The van der Waals surface area contributed by atoms with Gasteiger partial charge in [-0.15, -0.1) is 0 Å². The van der Waals surface area contributed by atoms with Gasteiger partial charge in [0.1, 0.15) is 55.4 Å². The summed E-state index contributed by atoms with van der Waals surface area (Å²) in [6.07, 6.45) is 9.21. The number of rotatable bonds is 31. The molecule has 0 bridgehead atoms. The monoisotopic (exact) mass is 819 g/mol. The fourth-order valence-corrected chi connectivity index (χ4v) is 6.72. The maximum atomic E-state index is 12.9. The van der Waals surface area contributed by atoms with Crippen LogP contribution in [0.3, 0.4) is 0 Å². The molecule has 0 saturated carbocycles. The van der Waals surface area contributed by atoms with Crippen molar-refractivity contribution < 1.29 is 73.8 Å². The molecule has 2 rings (SSSR count). The summed E-state index contributed by atoms with van der Waals surface area (Å²) in [5.74, 6) is -0.966. The van der Waals surface area contributed by atoms with Crippen LogP contribution in [0, 0.1) is 0 Å². The summed E-state index contributed by atoms with van der Waals surface area (Å²) >= 11 is 0. The topological polar surface area (TPSA) is 231 Å². The molecule has 332 valence electrons. The molecule has 2 aliphatic heterocycles. The Bertz CT molecular complexity index is 1100. The summed E-state index contributed by atoms with van der Waals surface area (Å²) < 4.78 is 33.5. The average molecular weight is 819 g/mol. The van der Waals surface area contributed by atoms with E-state index >= 15 is 0 Å². The largest absolute Gasteiger partial charge is 0.462 e. The molecule has 0 unspecified atom stereocenters. The summed E-state index contributed by atoms with van der Waals surface area (Å²) in [6, 6.07) is 0. The highest BCUT2D eigenvalue weighted by Crippen LogP contribution is 2.30. The van der Waals surface area contributed by atoms with Crippen molar-refractivity contribution in [2.24, 2.45) is 0 Å². The Balaban J connectivity index is 1.93. The van der Waals surface area contributed by atoms with E-state index in [2.05, 4.69) is 25.2 Å². The summed E-state index contributed by atoms with van der Waals surface area (Å²) in [5, 5.41) is 72.2. The predicted octanol–water partition coefficient (Wildman–Crippen LogP) is 3.65. The number of esters is 2. The van der Waals surface area contributed by atoms with Gasteiger partial charge in [0.05, 0.1) is 19.8 Å². The van der Waals surface area contributed by atoms with Gasteiger partial charge in [-0.2, -0.15) is 0 Å². The van der Waals surface area contributed by atoms with E-state index in [0.29, 0.717) is 12.8 Å². The minimum Gasteiger partial charge on any atom is -0.462 e. The maximum Gasteiger partial charge on any atom is 0.306 e. The third-order valence-electron chi connectivity index (χ3n) is 10.3. The Morgan fingerprint density at radius 3 is 1.72 bits per heavy atom. The van der Waals surface area contributed by atoms with E-state index in [-0.39, 0.29) is 19.4 Å². The second-order valence-corrected chi connectivity index (χ2v) is 15.1. The Morgan fingerprint density at radius 2 is 1.12 bits per heavy atom. The number of hydrogen-bond donors (Lipinski definition) is 7. The van der Waals surface area contributed by atoms with Crippen molar-refractivity contribution >= 4 is 11.9 Å². The first kappa shape index (κ1) is 51.1. The molecule has 15 heteroatoms. The van der Waals surface area contributed by atoms with Gasteiger partial charge in [0.2, 0.25) is 0 Å². The zero-order valence-electron chi connectivity index (χ0n) is 34.3. The fourth-order valence-electron chi connectivity index (χ4n) is 6.72. The normalized spacial score (nSPS) is 28.6. The number of unbranched alkanes of at least 4 members (excludes halogenated alkanes) is 14. The summed E-state index contributed by atoms with van der Waals surface area (Å²) in [4.78, 5) is 25.5. The lowest BCUT2D eigenvalue weighted by Crippen LogP contribution is -2.65. The van der Waals surface area contributed by atoms with E-state index in [9.17, 15) is 45.3 Å². The van der Waals surface area contributed by atoms with Gasteiger partial charge in [0, 0.05) is 12.8 Å². The number of ether oxygens (including phenoxy) is 6. The smallest absolute Gasteiger partial charge is 0.306 e. The SMILES string of the molecule is C/C=C/CCCCCCCCC(=O)O[C@H](COC(=O)CCCCCCC/C=C/CCCCC)CO[C@@H]1O[C@H](CO)[C@H](O)[C@H](O[C@@H]2O[C@H](CO)[C@@H](O)[C@H](O)[C@H]2O)[C@H]1O. The van der Waals surface area contributed by atoms with Crippen LogP contribution in [-0.4, -0.2) is 142 Å². The van der Waals surface area contributed by atoms with Crippen molar-refractivity contribution in [1.82, 2.24) is 0 Å². The van der Waals surface area contributed by atoms with Crippen LogP contribution < -0.4 is 0 Å². The van der Waals surface area contributed by atoms with Crippen molar-refractivity contribution in [3.8, 4) is 0 Å². The highest BCUT2D eigenvalue weighted by Gasteiger charge is 2.51. The van der Waals surface area contributed by atoms with Gasteiger partial charge in [0.15, 0.2) is 18.7 Å². The zero-order chi connectivity index (χ0) is 41.8. The average Bonchev–Trinajstić information content (AvgIpc) is 3.20. The van der Waals surface area contributed by atoms with Crippen LogP contribution in [0.2, 0.25) is 0 Å². The molecule has 0 spiro atoms. The van der Waals surface area contributed by atoms with Crippen molar-refractivity contribution in [2.75, 3.05) is 26.4 Å². The molecule has 0 aromatic rings. The molecule has 0 radical (unpaired) electrons. The molecule has 57 heavy (non-hydrogen) atoms. The highest BCUT2D eigenvalue weighted by atomic mass is 16.7. The summed E-state index contributed by atoms with van der Waals surface area (Å²) in [5.41, 5.74) is 0. The maximum absolute atomic E-state index is 12.9. The molecule has 0 aromatic heterocycles. The molecule has 7 N–H and O–H groups in total. The fraction of sp³-hybridized carbons (Fsp3) is 0.857. The molecule has 2 saturated heterocycles. The molecule has 0 amide bonds. The Hall–Kier alpha value is -2.02. The number of aliphatic hydroxyl groups excluding tert-OH is 7. The molecular weight excluding hydrogens is 744 g/mol. The minimum atomic E-state index is -1.83. The third-order valence-corrected chi connectivity index (χ3v) is 10.3. The Kier molecular flexibility index (Phi) is 27.7. The van der Waals surface area contributed by atoms with Crippen LogP contribution >= 0.6 is 0 Å². The van der Waals surface area contributed by atoms with Crippen molar-refractivity contribution in [1.29, 1.82) is 0 Å². The molecule has 2 heterocycles. The lowest BCUT2D eigenvalue weighted by Gasteiger charge is -2.46. The van der Waals surface area contributed by atoms with Crippen molar-refractivity contribution in [2.45, 2.75) is 203 Å². The molecule has 0 aromatic carbocycles. The van der Waals surface area contributed by atoms with E-state index in [1.54, 1.807) is 0 Å². The van der Waals surface area contributed by atoms with E-state index in [0.717, 1.165) is 77.0 Å². The van der Waals surface area contributed by atoms with Crippen molar-refractivity contribution in [3.63, 3.8) is 0 Å². The van der Waals surface area contributed by atoms with E-state index in [1.165, 1.54) is 19.3 Å². The number of carbonyl (C=O) groups excluding carboxylic acids is 2. The zero-order valence-corrected chi connectivity index (χ0v) is 34.3. The van der Waals surface area contributed by atoms with Crippen LogP contribution in [-0.2, 0) is 38.0 Å². The standard InChI is InChI=1S/C42H74O15/c1-3-5-7-9-11-13-14-15-17-18-20-22-24-33(45)52-28-30(54-34(46)25-23-21-19-16-12-10-8-6-4-2)29-53-41-39(51)40(36(48)32(27-44)55-41)57-42-38(50)37(49)35(47)31(26-43)56-42/h4,6,11,13,30-32,35-44,47-51H,3,5,7-10,12,14-29H2,1-2H3/b6-4+,13-11+/t30-,31-,32-,35-,36+,37+,38-,39-,40+,41-,42+/m1/s1. The molecule has 0 aliphatic carbocycles. The molecule has 2 fully saturated rings. The van der Waals surface area contributed by atoms with Crippen LogP contribution in [0.25, 0.3) is 0 Å². The number of hydrogen-bond acceptors (Lipinski definition) is 15. The van der Waals surface area contributed by atoms with Crippen molar-refractivity contribution in [3.05, 3.63) is 24.3 Å². The van der Waals surface area contributed by atoms with E-state index in [4.69, 9.17) is 28.4 Å². The quantitative estimate of drug-likeness (QED) is 0.0301. The van der Waals surface area contributed by atoms with Crippen LogP contribution in [0.4, 0.5) is 0 Å². The van der Waals surface area contributed by atoms with Gasteiger partial charge in [-0.3, -0.25) is 9.59 Å². The first-order chi connectivity index (χ1) is 27.6. The Morgan fingerprint density at radius 1 is 0.596 bits per heavy atom. The van der Waals surface area contributed by atoms with Crippen LogP contribution in [0.1, 0.15) is 136 Å². The first-order valence-electron chi connectivity index (χ1n) is 21.4. The Labute approximate surface area is 339 Å². The van der Waals surface area contributed by atoms with Gasteiger partial charge in [0.25, 0.3) is 0 Å². The van der Waals surface area contributed by atoms with Gasteiger partial charge >= 0.3 is 11.9 Å². The molecular formula is C42H74O15. The highest BCUT2D eigenvalue weighted by molar-refractivity contribution is 5.70. The van der Waals surface area contributed by atoms with Crippen LogP contribution in [0.5, 0.6) is 0 Å². The third kappa shape index (κ3) is 20.2.